The van der Waals surface area contributed by atoms with Gasteiger partial charge in [-0.05, 0) is 0 Å². The van der Waals surface area contributed by atoms with Gasteiger partial charge >= 0.3 is 251 Å². The van der Waals surface area contributed by atoms with Gasteiger partial charge in [-0.15, -0.1) is 0 Å². The molecule has 2 bridgehead atoms. The molecule has 3 aliphatic carbocycles. The van der Waals surface area contributed by atoms with Gasteiger partial charge in [-0.25, -0.2) is 0 Å². The summed E-state index contributed by atoms with van der Waals surface area (Å²) >= 11 is 1.92. The van der Waals surface area contributed by atoms with Gasteiger partial charge in [-0.1, -0.05) is 0 Å². The van der Waals surface area contributed by atoms with Gasteiger partial charge in [0.25, 0.3) is 0 Å². The third kappa shape index (κ3) is 4.21. The van der Waals surface area contributed by atoms with Crippen LogP contribution < -0.4 is 13.2 Å². The van der Waals surface area contributed by atoms with Crippen LogP contribution in [0, 0.1) is 0 Å². The maximum atomic E-state index is 3.55. The minimum absolute atomic E-state index is 0.140. The van der Waals surface area contributed by atoms with Gasteiger partial charge in [-0.2, -0.15) is 0 Å². The van der Waals surface area contributed by atoms with Crippen LogP contribution in [0.1, 0.15) is 39.3 Å². The number of hydrogen-bond acceptors (Lipinski definition) is 0. The van der Waals surface area contributed by atoms with Gasteiger partial charge in [0.05, 0.1) is 0 Å². The van der Waals surface area contributed by atoms with E-state index in [4.69, 9.17) is 0 Å². The molecule has 0 saturated heterocycles. The summed E-state index contributed by atoms with van der Waals surface area (Å²) in [7, 11) is 0. The van der Waals surface area contributed by atoms with Crippen LogP contribution in [0.3, 0.4) is 0 Å². The molecule has 3 aliphatic rings. The van der Waals surface area contributed by atoms with Crippen molar-refractivity contribution >= 4 is 43.5 Å². The molecule has 190 valence electrons. The Hall–Kier alpha value is -3.62. The SMILES string of the molecule is [Se]C12c3ccccc3C(c3ccccc31)c1ccccc12.c1cc[c]([Ge]([c]2ccccc2)[c]2ccccc2)cc1. The maximum absolute atomic E-state index is 3.55. The summed E-state index contributed by atoms with van der Waals surface area (Å²) in [5, 5.41) is 0. The van der Waals surface area contributed by atoms with Crippen molar-refractivity contribution in [1.29, 1.82) is 0 Å². The zero-order chi connectivity index (χ0) is 26.9. The minimum atomic E-state index is -1.63. The van der Waals surface area contributed by atoms with E-state index in [2.05, 4.69) is 180 Å². The molecule has 0 amide bonds. The van der Waals surface area contributed by atoms with Crippen molar-refractivity contribution in [2.24, 2.45) is 0 Å². The van der Waals surface area contributed by atoms with Crippen LogP contribution in [-0.4, -0.2) is 30.4 Å². The van der Waals surface area contributed by atoms with E-state index in [9.17, 15) is 0 Å². The molecule has 2 radical (unpaired) electrons. The first kappa shape index (κ1) is 25.4. The Kier molecular flexibility index (Phi) is 6.81. The predicted octanol–water partition coefficient (Wildman–Crippen LogP) is 6.16. The fourth-order valence-electron chi connectivity index (χ4n) is 6.46. The molecule has 6 aromatic rings. The van der Waals surface area contributed by atoms with E-state index in [1.165, 1.54) is 46.6 Å². The summed E-state index contributed by atoms with van der Waals surface area (Å²) in [6, 6.07) is 59.5. The fraction of sp³-hybridized carbons (Fsp3) is 0.0526. The molecular formula is C38H28GeSe. The third-order valence-electron chi connectivity index (χ3n) is 8.14. The normalized spacial score (nSPS) is 17.7. The molecule has 0 aliphatic heterocycles. The summed E-state index contributed by atoms with van der Waals surface area (Å²) in [5.74, 6) is 0.379. The van der Waals surface area contributed by atoms with E-state index in [0.717, 1.165) is 0 Å². The molecule has 6 aromatic carbocycles. The average Bonchev–Trinajstić information content (AvgIpc) is 3.04. The van der Waals surface area contributed by atoms with Crippen LogP contribution in [0.25, 0.3) is 0 Å². The van der Waals surface area contributed by atoms with Gasteiger partial charge < -0.3 is 0 Å². The van der Waals surface area contributed by atoms with Gasteiger partial charge in [0, 0.05) is 0 Å². The fourth-order valence-corrected chi connectivity index (χ4v) is 13.0. The van der Waals surface area contributed by atoms with Crippen molar-refractivity contribution in [2.75, 3.05) is 0 Å². The molecule has 0 saturated carbocycles. The van der Waals surface area contributed by atoms with E-state index < -0.39 is 14.3 Å². The molecule has 0 N–H and O–H groups in total. The van der Waals surface area contributed by atoms with Gasteiger partial charge in [-0.3, -0.25) is 0 Å². The van der Waals surface area contributed by atoms with Crippen molar-refractivity contribution in [3.63, 3.8) is 0 Å². The average molecular weight is 636 g/mol. The number of benzene rings is 6. The van der Waals surface area contributed by atoms with Crippen molar-refractivity contribution in [3.8, 4) is 0 Å². The molecule has 0 atom stereocenters. The second kappa shape index (κ2) is 10.7. The van der Waals surface area contributed by atoms with E-state index >= 15 is 0 Å². The summed E-state index contributed by atoms with van der Waals surface area (Å²) in [6.07, 6.45) is 0. The zero-order valence-corrected chi connectivity index (χ0v) is 25.9. The second-order valence-electron chi connectivity index (χ2n) is 10.3. The molecule has 40 heavy (non-hydrogen) atoms. The van der Waals surface area contributed by atoms with Crippen LogP contribution in [0.4, 0.5) is 0 Å². The van der Waals surface area contributed by atoms with Crippen molar-refractivity contribution in [3.05, 3.63) is 197 Å². The van der Waals surface area contributed by atoms with Crippen molar-refractivity contribution < 1.29 is 0 Å². The van der Waals surface area contributed by atoms with Gasteiger partial charge in [0.2, 0.25) is 0 Å². The van der Waals surface area contributed by atoms with E-state index in [-0.39, 0.29) is 4.31 Å². The van der Waals surface area contributed by atoms with Gasteiger partial charge in [0.1, 0.15) is 0 Å². The summed E-state index contributed by atoms with van der Waals surface area (Å²) < 4.78 is 4.36. The predicted molar refractivity (Wildman–Crippen MR) is 170 cm³/mol. The Morgan fingerprint density at radius 2 is 0.650 bits per heavy atom. The van der Waals surface area contributed by atoms with Crippen LogP contribution in [0.5, 0.6) is 0 Å². The summed E-state index contributed by atoms with van der Waals surface area (Å²) in [5.41, 5.74) is 8.63. The third-order valence-corrected chi connectivity index (χ3v) is 15.3. The second-order valence-corrected chi connectivity index (χ2v) is 16.8. The molecule has 0 spiro atoms. The Balaban J connectivity index is 0.000000133. The number of hydrogen-bond donors (Lipinski definition) is 0. The first-order valence-corrected chi connectivity index (χ1v) is 17.8. The van der Waals surface area contributed by atoms with E-state index in [0.29, 0.717) is 5.92 Å². The standard InChI is InChI=1S/C20H13Se.C18H15Ge/c21-20-16-10-4-1-7-13(16)19(14-8-2-5-11-17(14)20)15-9-3-6-12-18(15)20;1-4-10-16(11-5-1)19(17-12-6-2-7-13-17)18-14-8-3-9-15-18/h1-12,19H;1-15H. The van der Waals surface area contributed by atoms with Crippen LogP contribution >= 0.6 is 0 Å². The first-order chi connectivity index (χ1) is 19.8. The summed E-state index contributed by atoms with van der Waals surface area (Å²) in [4.78, 5) is 0. The Morgan fingerprint density at radius 3 is 0.975 bits per heavy atom. The van der Waals surface area contributed by atoms with Crippen LogP contribution in [-0.2, 0) is 4.31 Å². The Morgan fingerprint density at radius 1 is 0.375 bits per heavy atom. The number of rotatable bonds is 3. The van der Waals surface area contributed by atoms with Crippen molar-refractivity contribution in [2.45, 2.75) is 10.2 Å². The van der Waals surface area contributed by atoms with Gasteiger partial charge in [0.15, 0.2) is 0 Å². The summed E-state index contributed by atoms with van der Waals surface area (Å²) in [6.45, 7) is 0. The molecule has 0 aromatic heterocycles. The molecule has 9 rings (SSSR count). The monoisotopic (exact) mass is 638 g/mol. The molecule has 0 fully saturated rings. The van der Waals surface area contributed by atoms with Crippen LogP contribution in [0.15, 0.2) is 164 Å². The quantitative estimate of drug-likeness (QED) is 0.205. The molecule has 2 heteroatoms. The first-order valence-electron chi connectivity index (χ1n) is 13.8. The Bertz CT molecular complexity index is 1550. The van der Waals surface area contributed by atoms with Crippen molar-refractivity contribution in [1.82, 2.24) is 0 Å². The van der Waals surface area contributed by atoms with E-state index in [1.807, 2.05) is 0 Å². The molecular weight excluding hydrogens is 608 g/mol. The molecule has 0 unspecified atom stereocenters. The molecule has 0 heterocycles. The zero-order valence-electron chi connectivity index (χ0n) is 22.1. The molecule has 0 nitrogen and oxygen atoms in total. The van der Waals surface area contributed by atoms with E-state index in [1.54, 1.807) is 0 Å². The topological polar surface area (TPSA) is 0 Å². The van der Waals surface area contributed by atoms with Crippen LogP contribution in [0.2, 0.25) is 0 Å². The Labute approximate surface area is 249 Å².